The molecule has 0 spiro atoms. The van der Waals surface area contributed by atoms with Crippen molar-refractivity contribution in [3.63, 3.8) is 0 Å². The normalized spacial score (nSPS) is 17.0. The molecule has 1 N–H and O–H groups in total. The van der Waals surface area contributed by atoms with Crippen LogP contribution in [0.15, 0.2) is 18.2 Å². The van der Waals surface area contributed by atoms with E-state index in [1.807, 2.05) is 0 Å². The molecule has 0 radical (unpaired) electrons. The van der Waals surface area contributed by atoms with Gasteiger partial charge in [-0.25, -0.2) is 4.39 Å². The van der Waals surface area contributed by atoms with E-state index in [1.165, 1.54) is 12.1 Å². The predicted molar refractivity (Wildman–Crippen MR) is 61.2 cm³/mol. The summed E-state index contributed by atoms with van der Waals surface area (Å²) in [5, 5.41) is 13.8. The van der Waals surface area contributed by atoms with Gasteiger partial charge >= 0.3 is 0 Å². The second-order valence-corrected chi connectivity index (χ2v) is 4.06. The van der Waals surface area contributed by atoms with E-state index in [-0.39, 0.29) is 11.5 Å². The first-order valence-corrected chi connectivity index (χ1v) is 5.53. The molecule has 1 heterocycles. The third-order valence-corrected chi connectivity index (χ3v) is 2.84. The molecule has 1 fully saturated rings. The minimum absolute atomic E-state index is 0.0588. The molecule has 1 aliphatic heterocycles. The highest BCUT2D eigenvalue weighted by molar-refractivity contribution is 5.35. The SMILES string of the molecule is O=[N+]([O-])c1ccc(F)c(CN2CCNCC2)c1. The Morgan fingerprint density at radius 2 is 2.12 bits per heavy atom. The second kappa shape index (κ2) is 5.20. The van der Waals surface area contributed by atoms with Gasteiger partial charge in [-0.3, -0.25) is 15.0 Å². The van der Waals surface area contributed by atoms with Crippen LogP contribution in [0.3, 0.4) is 0 Å². The maximum absolute atomic E-state index is 13.5. The molecule has 17 heavy (non-hydrogen) atoms. The summed E-state index contributed by atoms with van der Waals surface area (Å²) in [7, 11) is 0. The molecule has 1 saturated heterocycles. The Bertz CT molecular complexity index is 419. The van der Waals surface area contributed by atoms with Gasteiger partial charge in [-0.1, -0.05) is 0 Å². The lowest BCUT2D eigenvalue weighted by Crippen LogP contribution is -2.43. The van der Waals surface area contributed by atoms with Crippen LogP contribution >= 0.6 is 0 Å². The molecule has 0 aliphatic carbocycles. The van der Waals surface area contributed by atoms with Crippen LogP contribution in [0.25, 0.3) is 0 Å². The fourth-order valence-corrected chi connectivity index (χ4v) is 1.91. The van der Waals surface area contributed by atoms with Gasteiger partial charge in [-0.2, -0.15) is 0 Å². The number of halogens is 1. The van der Waals surface area contributed by atoms with Crippen LogP contribution in [0, 0.1) is 15.9 Å². The summed E-state index contributed by atoms with van der Waals surface area (Å²) in [6.07, 6.45) is 0. The van der Waals surface area contributed by atoms with Crippen LogP contribution < -0.4 is 5.32 Å². The average molecular weight is 239 g/mol. The summed E-state index contributed by atoms with van der Waals surface area (Å²) in [6, 6.07) is 3.67. The first-order valence-electron chi connectivity index (χ1n) is 5.53. The minimum atomic E-state index is -0.499. The summed E-state index contributed by atoms with van der Waals surface area (Å²) < 4.78 is 13.5. The lowest BCUT2D eigenvalue weighted by atomic mass is 10.1. The van der Waals surface area contributed by atoms with Crippen molar-refractivity contribution in [3.8, 4) is 0 Å². The number of nitro benzene ring substituents is 1. The molecule has 0 atom stereocenters. The number of piperazine rings is 1. The van der Waals surface area contributed by atoms with Gasteiger partial charge in [0, 0.05) is 50.4 Å². The summed E-state index contributed by atoms with van der Waals surface area (Å²) in [6.45, 7) is 3.84. The minimum Gasteiger partial charge on any atom is -0.314 e. The molecular weight excluding hydrogens is 225 g/mol. The maximum atomic E-state index is 13.5. The van der Waals surface area contributed by atoms with Gasteiger partial charge in [0.25, 0.3) is 5.69 Å². The van der Waals surface area contributed by atoms with Crippen molar-refractivity contribution in [1.29, 1.82) is 0 Å². The quantitative estimate of drug-likeness (QED) is 0.634. The monoisotopic (exact) mass is 239 g/mol. The third-order valence-electron chi connectivity index (χ3n) is 2.84. The van der Waals surface area contributed by atoms with E-state index in [9.17, 15) is 14.5 Å². The largest absolute Gasteiger partial charge is 0.314 e. The molecule has 0 amide bonds. The number of nitro groups is 1. The molecule has 1 aromatic carbocycles. The molecule has 5 nitrogen and oxygen atoms in total. The molecule has 1 aromatic rings. The Morgan fingerprint density at radius 1 is 1.41 bits per heavy atom. The lowest BCUT2D eigenvalue weighted by molar-refractivity contribution is -0.385. The van der Waals surface area contributed by atoms with Crippen LogP contribution in [0.1, 0.15) is 5.56 Å². The molecule has 0 bridgehead atoms. The van der Waals surface area contributed by atoms with E-state index in [0.717, 1.165) is 32.2 Å². The highest BCUT2D eigenvalue weighted by atomic mass is 19.1. The zero-order valence-corrected chi connectivity index (χ0v) is 9.36. The predicted octanol–water partition coefficient (Wildman–Crippen LogP) is 1.14. The molecule has 0 saturated carbocycles. The lowest BCUT2D eigenvalue weighted by Gasteiger charge is -2.27. The van der Waals surface area contributed by atoms with Crippen molar-refractivity contribution >= 4 is 5.69 Å². The number of nitrogens with one attached hydrogen (secondary N) is 1. The van der Waals surface area contributed by atoms with Crippen LogP contribution in [0.4, 0.5) is 10.1 Å². The Labute approximate surface area is 98.4 Å². The van der Waals surface area contributed by atoms with Crippen molar-refractivity contribution in [3.05, 3.63) is 39.7 Å². The molecule has 0 unspecified atom stereocenters. The number of hydrogen-bond acceptors (Lipinski definition) is 4. The van der Waals surface area contributed by atoms with Crippen LogP contribution in [0.5, 0.6) is 0 Å². The first kappa shape index (κ1) is 11.9. The molecular formula is C11H14FN3O2. The van der Waals surface area contributed by atoms with Gasteiger partial charge in [-0.05, 0) is 6.07 Å². The zero-order chi connectivity index (χ0) is 12.3. The van der Waals surface area contributed by atoms with Gasteiger partial charge < -0.3 is 5.32 Å². The molecule has 0 aromatic heterocycles. The van der Waals surface area contributed by atoms with E-state index < -0.39 is 4.92 Å². The molecule has 6 heteroatoms. The van der Waals surface area contributed by atoms with E-state index in [2.05, 4.69) is 10.2 Å². The fraction of sp³-hybridized carbons (Fsp3) is 0.455. The summed E-state index contributed by atoms with van der Waals surface area (Å²) in [5.41, 5.74) is 0.331. The van der Waals surface area contributed by atoms with Gasteiger partial charge in [0.2, 0.25) is 0 Å². The Morgan fingerprint density at radius 3 is 2.76 bits per heavy atom. The van der Waals surface area contributed by atoms with Gasteiger partial charge in [-0.15, -0.1) is 0 Å². The number of hydrogen-bond donors (Lipinski definition) is 1. The second-order valence-electron chi connectivity index (χ2n) is 4.06. The summed E-state index contributed by atoms with van der Waals surface area (Å²) >= 11 is 0. The van der Waals surface area contributed by atoms with Gasteiger partial charge in [0.05, 0.1) is 4.92 Å². The van der Waals surface area contributed by atoms with E-state index in [0.29, 0.717) is 12.1 Å². The number of nitrogens with zero attached hydrogens (tertiary/aromatic N) is 2. The van der Waals surface area contributed by atoms with E-state index >= 15 is 0 Å². The Hall–Kier alpha value is -1.53. The fourth-order valence-electron chi connectivity index (χ4n) is 1.91. The highest BCUT2D eigenvalue weighted by Gasteiger charge is 2.15. The van der Waals surface area contributed by atoms with Crippen LogP contribution in [-0.4, -0.2) is 36.0 Å². The molecule has 1 aliphatic rings. The first-order chi connectivity index (χ1) is 8.16. The molecule has 2 rings (SSSR count). The van der Waals surface area contributed by atoms with Crippen molar-refractivity contribution in [1.82, 2.24) is 10.2 Å². The number of non-ortho nitro benzene ring substituents is 1. The maximum Gasteiger partial charge on any atom is 0.269 e. The summed E-state index contributed by atoms with van der Waals surface area (Å²) in [4.78, 5) is 12.2. The Balaban J connectivity index is 2.13. The van der Waals surface area contributed by atoms with Crippen LogP contribution in [0.2, 0.25) is 0 Å². The van der Waals surface area contributed by atoms with Crippen molar-refractivity contribution in [2.45, 2.75) is 6.54 Å². The number of benzene rings is 1. The van der Waals surface area contributed by atoms with Crippen molar-refractivity contribution < 1.29 is 9.31 Å². The topological polar surface area (TPSA) is 58.4 Å². The third kappa shape index (κ3) is 2.98. The molecule has 92 valence electrons. The van der Waals surface area contributed by atoms with E-state index in [4.69, 9.17) is 0 Å². The van der Waals surface area contributed by atoms with Crippen molar-refractivity contribution in [2.24, 2.45) is 0 Å². The van der Waals surface area contributed by atoms with Crippen LogP contribution in [-0.2, 0) is 6.54 Å². The summed E-state index contributed by atoms with van der Waals surface area (Å²) in [5.74, 6) is -0.380. The average Bonchev–Trinajstić information content (AvgIpc) is 2.33. The van der Waals surface area contributed by atoms with Crippen molar-refractivity contribution in [2.75, 3.05) is 26.2 Å². The Kier molecular flexibility index (Phi) is 3.65. The standard InChI is InChI=1S/C11H14FN3O2/c12-11-2-1-10(15(16)17)7-9(11)8-14-5-3-13-4-6-14/h1-2,7,13H,3-6,8H2. The van der Waals surface area contributed by atoms with E-state index in [1.54, 1.807) is 0 Å². The van der Waals surface area contributed by atoms with Gasteiger partial charge in [0.1, 0.15) is 5.82 Å². The highest BCUT2D eigenvalue weighted by Crippen LogP contribution is 2.18. The smallest absolute Gasteiger partial charge is 0.269 e. The van der Waals surface area contributed by atoms with Gasteiger partial charge in [0.15, 0.2) is 0 Å². The number of rotatable bonds is 3. The zero-order valence-electron chi connectivity index (χ0n) is 9.36.